The molecule has 0 amide bonds. The quantitative estimate of drug-likeness (QED) is 0.476. The van der Waals surface area contributed by atoms with E-state index in [0.29, 0.717) is 24.8 Å². The maximum absolute atomic E-state index is 12.3. The predicted octanol–water partition coefficient (Wildman–Crippen LogP) is 2.73. The van der Waals surface area contributed by atoms with Crippen LogP contribution in [0.5, 0.6) is 0 Å². The third-order valence-corrected chi connectivity index (χ3v) is 5.93. The molecule has 2 heterocycles. The molecule has 0 unspecified atom stereocenters. The van der Waals surface area contributed by atoms with Crippen molar-refractivity contribution in [1.82, 2.24) is 24.2 Å². The first-order chi connectivity index (χ1) is 14.4. The van der Waals surface area contributed by atoms with Crippen LogP contribution in [0.2, 0.25) is 0 Å². The average molecular weight is 431 g/mol. The second kappa shape index (κ2) is 9.79. The Kier molecular flexibility index (Phi) is 7.14. The zero-order valence-electron chi connectivity index (χ0n) is 17.3. The van der Waals surface area contributed by atoms with Gasteiger partial charge in [-0.15, -0.1) is 0 Å². The number of nitrogens with zero attached hydrogens (tertiary/aromatic N) is 4. The van der Waals surface area contributed by atoms with Gasteiger partial charge in [0.25, 0.3) is 0 Å². The second-order valence-corrected chi connectivity index (χ2v) is 8.21. The Hall–Kier alpha value is -2.82. The number of nitrogens with one attached hydrogen (secondary N) is 2. The van der Waals surface area contributed by atoms with Gasteiger partial charge >= 0.3 is 0 Å². The molecule has 0 spiro atoms. The molecule has 3 rings (SSSR count). The summed E-state index contributed by atoms with van der Waals surface area (Å²) >= 11 is 0. The summed E-state index contributed by atoms with van der Waals surface area (Å²) in [5.41, 5.74) is 2.35. The second-order valence-electron chi connectivity index (χ2n) is 6.44. The van der Waals surface area contributed by atoms with Crippen molar-refractivity contribution >= 4 is 21.7 Å². The molecule has 3 aromatic rings. The van der Waals surface area contributed by atoms with Gasteiger partial charge in [0.2, 0.25) is 16.0 Å². The van der Waals surface area contributed by atoms with Crippen molar-refractivity contribution in [2.45, 2.75) is 32.2 Å². The summed E-state index contributed by atoms with van der Waals surface area (Å²) in [4.78, 5) is 13.4. The average Bonchev–Trinajstić information content (AvgIpc) is 3.12. The number of rotatable bonds is 10. The largest absolute Gasteiger partial charge is 0.380 e. The molecule has 9 nitrogen and oxygen atoms in total. The highest BCUT2D eigenvalue weighted by Crippen LogP contribution is 2.21. The molecule has 0 saturated heterocycles. The van der Waals surface area contributed by atoms with Gasteiger partial charge in [-0.1, -0.05) is 0 Å². The number of hydrogen-bond donors (Lipinski definition) is 2. The van der Waals surface area contributed by atoms with E-state index in [9.17, 15) is 8.42 Å². The normalized spacial score (nSPS) is 11.6. The number of hydrogen-bond acceptors (Lipinski definition) is 7. The van der Waals surface area contributed by atoms with Crippen molar-refractivity contribution < 1.29 is 13.2 Å². The van der Waals surface area contributed by atoms with Crippen molar-refractivity contribution in [3.63, 3.8) is 0 Å². The standard InChI is InChI=1S/C20H26N6O3S/c1-4-26-15(3)22-14-19(26)18-10-11-21-20(25-18)24-16-6-8-17(9-7-16)30(27,28)23-12-13-29-5-2/h6-11,14,23H,4-5,12-13H2,1-3H3,(H,21,24,25). The number of benzene rings is 1. The molecule has 30 heavy (non-hydrogen) atoms. The fourth-order valence-corrected chi connectivity index (χ4v) is 3.97. The van der Waals surface area contributed by atoms with E-state index < -0.39 is 10.0 Å². The Morgan fingerprint density at radius 2 is 1.87 bits per heavy atom. The Bertz CT molecular complexity index is 1080. The SMILES string of the molecule is CCOCCNS(=O)(=O)c1ccc(Nc2nccc(-c3cnc(C)n3CC)n2)cc1. The number of anilines is 2. The molecule has 0 radical (unpaired) electrons. The van der Waals surface area contributed by atoms with E-state index in [1.54, 1.807) is 24.5 Å². The first kappa shape index (κ1) is 21.9. The smallest absolute Gasteiger partial charge is 0.240 e. The molecule has 160 valence electrons. The zero-order valence-corrected chi connectivity index (χ0v) is 18.1. The zero-order chi connectivity index (χ0) is 21.6. The Labute approximate surface area is 176 Å². The van der Waals surface area contributed by atoms with Crippen LogP contribution in [0.25, 0.3) is 11.4 Å². The highest BCUT2D eigenvalue weighted by atomic mass is 32.2. The van der Waals surface area contributed by atoms with Gasteiger partial charge in [0.1, 0.15) is 5.82 Å². The summed E-state index contributed by atoms with van der Waals surface area (Å²) in [6.45, 7) is 7.77. The number of imidazole rings is 1. The van der Waals surface area contributed by atoms with Crippen molar-refractivity contribution in [2.75, 3.05) is 25.1 Å². The summed E-state index contributed by atoms with van der Waals surface area (Å²) in [6.07, 6.45) is 3.47. The van der Waals surface area contributed by atoms with E-state index >= 15 is 0 Å². The third kappa shape index (κ3) is 5.21. The maximum Gasteiger partial charge on any atom is 0.240 e. The van der Waals surface area contributed by atoms with Crippen LogP contribution in [0.15, 0.2) is 47.6 Å². The van der Waals surface area contributed by atoms with Gasteiger partial charge in [-0.25, -0.2) is 28.1 Å². The molecule has 2 aromatic heterocycles. The lowest BCUT2D eigenvalue weighted by Gasteiger charge is -2.10. The molecule has 0 aliphatic rings. The minimum Gasteiger partial charge on any atom is -0.380 e. The van der Waals surface area contributed by atoms with Gasteiger partial charge < -0.3 is 14.6 Å². The lowest BCUT2D eigenvalue weighted by Crippen LogP contribution is -2.27. The molecule has 0 saturated carbocycles. The molecule has 0 atom stereocenters. The highest BCUT2D eigenvalue weighted by molar-refractivity contribution is 7.89. The van der Waals surface area contributed by atoms with Crippen LogP contribution < -0.4 is 10.0 Å². The predicted molar refractivity (Wildman–Crippen MR) is 115 cm³/mol. The van der Waals surface area contributed by atoms with Crippen LogP contribution in [0.3, 0.4) is 0 Å². The molecule has 0 fully saturated rings. The Balaban J connectivity index is 1.71. The third-order valence-electron chi connectivity index (χ3n) is 4.45. The fourth-order valence-electron chi connectivity index (χ4n) is 2.96. The van der Waals surface area contributed by atoms with Crippen LogP contribution in [0.1, 0.15) is 19.7 Å². The molecule has 0 bridgehead atoms. The Morgan fingerprint density at radius 1 is 1.10 bits per heavy atom. The van der Waals surface area contributed by atoms with Gasteiger partial charge in [0.05, 0.1) is 29.1 Å². The molecular formula is C20H26N6O3S. The summed E-state index contributed by atoms with van der Waals surface area (Å²) in [7, 11) is -3.58. The van der Waals surface area contributed by atoms with Crippen LogP contribution >= 0.6 is 0 Å². The molecular weight excluding hydrogens is 404 g/mol. The minimum atomic E-state index is -3.58. The molecule has 0 aliphatic heterocycles. The van der Waals surface area contributed by atoms with E-state index in [4.69, 9.17) is 4.74 Å². The number of aromatic nitrogens is 4. The van der Waals surface area contributed by atoms with Crippen molar-refractivity contribution in [1.29, 1.82) is 0 Å². The number of ether oxygens (including phenoxy) is 1. The van der Waals surface area contributed by atoms with Crippen LogP contribution in [-0.4, -0.2) is 47.7 Å². The van der Waals surface area contributed by atoms with Gasteiger partial charge in [0.15, 0.2) is 0 Å². The van der Waals surface area contributed by atoms with Crippen molar-refractivity contribution in [2.24, 2.45) is 0 Å². The van der Waals surface area contributed by atoms with Gasteiger partial charge in [-0.3, -0.25) is 0 Å². The van der Waals surface area contributed by atoms with E-state index in [1.165, 1.54) is 12.1 Å². The number of sulfonamides is 1. The highest BCUT2D eigenvalue weighted by Gasteiger charge is 2.14. The molecule has 1 aromatic carbocycles. The number of aryl methyl sites for hydroxylation is 1. The van der Waals surface area contributed by atoms with E-state index in [0.717, 1.165) is 23.8 Å². The van der Waals surface area contributed by atoms with Gasteiger partial charge in [0, 0.05) is 31.6 Å². The van der Waals surface area contributed by atoms with E-state index in [2.05, 4.69) is 36.5 Å². The van der Waals surface area contributed by atoms with Gasteiger partial charge in [-0.05, 0) is 51.1 Å². The topological polar surface area (TPSA) is 111 Å². The molecule has 10 heteroatoms. The maximum atomic E-state index is 12.3. The molecule has 0 aliphatic carbocycles. The summed E-state index contributed by atoms with van der Waals surface area (Å²) in [5.74, 6) is 1.34. The first-order valence-corrected chi connectivity index (χ1v) is 11.2. The van der Waals surface area contributed by atoms with E-state index in [-0.39, 0.29) is 11.4 Å². The molecule has 2 N–H and O–H groups in total. The van der Waals surface area contributed by atoms with Crippen molar-refractivity contribution in [3.8, 4) is 11.4 Å². The fraction of sp³-hybridized carbons (Fsp3) is 0.350. The summed E-state index contributed by atoms with van der Waals surface area (Å²) in [5, 5.41) is 3.11. The first-order valence-electron chi connectivity index (χ1n) is 9.74. The van der Waals surface area contributed by atoms with E-state index in [1.807, 2.05) is 19.9 Å². The monoisotopic (exact) mass is 430 g/mol. The summed E-state index contributed by atoms with van der Waals surface area (Å²) in [6, 6.07) is 8.24. The Morgan fingerprint density at radius 3 is 2.57 bits per heavy atom. The van der Waals surface area contributed by atoms with Crippen LogP contribution in [0.4, 0.5) is 11.6 Å². The van der Waals surface area contributed by atoms with Crippen molar-refractivity contribution in [3.05, 3.63) is 48.5 Å². The van der Waals surface area contributed by atoms with Crippen LogP contribution in [0, 0.1) is 6.92 Å². The van der Waals surface area contributed by atoms with Gasteiger partial charge in [-0.2, -0.15) is 0 Å². The lowest BCUT2D eigenvalue weighted by molar-refractivity contribution is 0.153. The van der Waals surface area contributed by atoms with Crippen LogP contribution in [-0.2, 0) is 21.3 Å². The minimum absolute atomic E-state index is 0.182. The summed E-state index contributed by atoms with van der Waals surface area (Å²) < 4.78 is 34.4. The lowest BCUT2D eigenvalue weighted by atomic mass is 10.3.